The monoisotopic (exact) mass is 215 g/mol. The molecule has 1 saturated heterocycles. The van der Waals surface area contributed by atoms with Crippen LogP contribution >= 0.6 is 0 Å². The van der Waals surface area contributed by atoms with Crippen LogP contribution in [0.2, 0.25) is 0 Å². The normalized spacial score (nSPS) is 22.3. The Morgan fingerprint density at radius 3 is 2.87 bits per heavy atom. The summed E-state index contributed by atoms with van der Waals surface area (Å²) in [4.78, 5) is 21.8. The molecule has 0 bridgehead atoms. The van der Waals surface area contributed by atoms with Gasteiger partial charge in [-0.15, -0.1) is 0 Å². The van der Waals surface area contributed by atoms with Crippen molar-refractivity contribution >= 4 is 11.9 Å². The number of hydrogen-bond donors (Lipinski definition) is 2. The summed E-state index contributed by atoms with van der Waals surface area (Å²) < 4.78 is 5.21. The summed E-state index contributed by atoms with van der Waals surface area (Å²) >= 11 is 0. The standard InChI is InChI=1S/C10H17NO4/c1-7(4-5-9(12)13)11-10(14)8-3-2-6-15-8/h7-8H,2-6H2,1H3,(H,11,14)(H,12,13). The molecule has 0 aliphatic carbocycles. The van der Waals surface area contributed by atoms with E-state index in [4.69, 9.17) is 9.84 Å². The van der Waals surface area contributed by atoms with Gasteiger partial charge in [0.15, 0.2) is 0 Å². The summed E-state index contributed by atoms with van der Waals surface area (Å²) in [6, 6.07) is -0.113. The highest BCUT2D eigenvalue weighted by Gasteiger charge is 2.24. The van der Waals surface area contributed by atoms with E-state index in [1.807, 2.05) is 0 Å². The van der Waals surface area contributed by atoms with Crippen LogP contribution in [-0.2, 0) is 14.3 Å². The summed E-state index contributed by atoms with van der Waals surface area (Å²) in [5, 5.41) is 11.2. The highest BCUT2D eigenvalue weighted by atomic mass is 16.5. The van der Waals surface area contributed by atoms with Crippen molar-refractivity contribution in [3.05, 3.63) is 0 Å². The fourth-order valence-corrected chi connectivity index (χ4v) is 1.53. The third kappa shape index (κ3) is 4.29. The fraction of sp³-hybridized carbons (Fsp3) is 0.800. The maximum Gasteiger partial charge on any atom is 0.303 e. The minimum atomic E-state index is -0.840. The van der Waals surface area contributed by atoms with Gasteiger partial charge in [-0.3, -0.25) is 9.59 Å². The molecular weight excluding hydrogens is 198 g/mol. The van der Waals surface area contributed by atoms with Crippen LogP contribution in [0.1, 0.15) is 32.6 Å². The molecule has 1 aliphatic heterocycles. The molecule has 0 aromatic rings. The van der Waals surface area contributed by atoms with E-state index in [9.17, 15) is 9.59 Å². The predicted molar refractivity (Wildman–Crippen MR) is 53.4 cm³/mol. The van der Waals surface area contributed by atoms with Gasteiger partial charge in [-0.25, -0.2) is 0 Å². The smallest absolute Gasteiger partial charge is 0.303 e. The molecule has 2 atom stereocenters. The van der Waals surface area contributed by atoms with Crippen molar-refractivity contribution in [3.8, 4) is 0 Å². The van der Waals surface area contributed by atoms with Crippen molar-refractivity contribution in [2.45, 2.75) is 44.8 Å². The highest BCUT2D eigenvalue weighted by molar-refractivity contribution is 5.81. The Kier molecular flexibility index (Phi) is 4.55. The van der Waals surface area contributed by atoms with Crippen LogP contribution in [0.3, 0.4) is 0 Å². The van der Waals surface area contributed by atoms with Crippen LogP contribution in [0, 0.1) is 0 Å². The minimum absolute atomic E-state index is 0.0764. The first kappa shape index (κ1) is 12.0. The Balaban J connectivity index is 2.21. The van der Waals surface area contributed by atoms with Gasteiger partial charge in [0.1, 0.15) is 6.10 Å². The number of ether oxygens (including phenoxy) is 1. The van der Waals surface area contributed by atoms with Crippen molar-refractivity contribution in [1.82, 2.24) is 5.32 Å². The fourth-order valence-electron chi connectivity index (χ4n) is 1.53. The number of carbonyl (C=O) groups excluding carboxylic acids is 1. The summed E-state index contributed by atoms with van der Waals surface area (Å²) in [5.74, 6) is -0.960. The average Bonchev–Trinajstić information content (AvgIpc) is 2.67. The Hall–Kier alpha value is -1.10. The first-order valence-corrected chi connectivity index (χ1v) is 5.23. The summed E-state index contributed by atoms with van der Waals surface area (Å²) in [6.07, 6.45) is 1.87. The molecule has 0 saturated carbocycles. The lowest BCUT2D eigenvalue weighted by atomic mass is 10.1. The Morgan fingerprint density at radius 1 is 1.60 bits per heavy atom. The summed E-state index contributed by atoms with van der Waals surface area (Å²) in [6.45, 7) is 2.44. The third-order valence-corrected chi connectivity index (χ3v) is 2.40. The Bertz CT molecular complexity index is 236. The van der Waals surface area contributed by atoms with E-state index in [0.717, 1.165) is 12.8 Å². The van der Waals surface area contributed by atoms with E-state index in [0.29, 0.717) is 13.0 Å². The lowest BCUT2D eigenvalue weighted by molar-refractivity contribution is -0.137. The molecule has 5 heteroatoms. The van der Waals surface area contributed by atoms with Crippen LogP contribution in [-0.4, -0.2) is 35.7 Å². The average molecular weight is 215 g/mol. The van der Waals surface area contributed by atoms with Crippen molar-refractivity contribution < 1.29 is 19.4 Å². The van der Waals surface area contributed by atoms with E-state index in [1.165, 1.54) is 0 Å². The maximum atomic E-state index is 11.5. The van der Waals surface area contributed by atoms with E-state index >= 15 is 0 Å². The van der Waals surface area contributed by atoms with Crippen LogP contribution in [0.25, 0.3) is 0 Å². The molecule has 1 heterocycles. The van der Waals surface area contributed by atoms with Gasteiger partial charge in [0, 0.05) is 19.1 Å². The minimum Gasteiger partial charge on any atom is -0.481 e. The van der Waals surface area contributed by atoms with E-state index in [2.05, 4.69) is 5.32 Å². The van der Waals surface area contributed by atoms with E-state index < -0.39 is 5.97 Å². The molecule has 0 aromatic heterocycles. The molecule has 1 aliphatic rings. The van der Waals surface area contributed by atoms with Crippen LogP contribution in [0.4, 0.5) is 0 Å². The van der Waals surface area contributed by atoms with Gasteiger partial charge in [-0.2, -0.15) is 0 Å². The number of carboxylic acids is 1. The van der Waals surface area contributed by atoms with Gasteiger partial charge in [-0.05, 0) is 26.2 Å². The number of carboxylic acid groups (broad SMARTS) is 1. The lowest BCUT2D eigenvalue weighted by Gasteiger charge is -2.15. The highest BCUT2D eigenvalue weighted by Crippen LogP contribution is 2.12. The zero-order chi connectivity index (χ0) is 11.3. The van der Waals surface area contributed by atoms with Gasteiger partial charge in [0.2, 0.25) is 5.91 Å². The second kappa shape index (κ2) is 5.70. The van der Waals surface area contributed by atoms with Gasteiger partial charge < -0.3 is 15.2 Å². The van der Waals surface area contributed by atoms with Crippen molar-refractivity contribution in [2.24, 2.45) is 0 Å². The molecule has 1 fully saturated rings. The van der Waals surface area contributed by atoms with E-state index in [-0.39, 0.29) is 24.5 Å². The number of rotatable bonds is 5. The molecular formula is C10H17NO4. The Labute approximate surface area is 88.8 Å². The van der Waals surface area contributed by atoms with Crippen molar-refractivity contribution in [3.63, 3.8) is 0 Å². The molecule has 15 heavy (non-hydrogen) atoms. The zero-order valence-corrected chi connectivity index (χ0v) is 8.86. The number of carbonyl (C=O) groups is 2. The van der Waals surface area contributed by atoms with Crippen LogP contribution in [0.15, 0.2) is 0 Å². The number of amides is 1. The third-order valence-electron chi connectivity index (χ3n) is 2.40. The first-order chi connectivity index (χ1) is 7.09. The molecule has 86 valence electrons. The second-order valence-electron chi connectivity index (χ2n) is 3.84. The second-order valence-corrected chi connectivity index (χ2v) is 3.84. The quantitative estimate of drug-likeness (QED) is 0.701. The number of hydrogen-bond acceptors (Lipinski definition) is 3. The van der Waals surface area contributed by atoms with Gasteiger partial charge in [0.05, 0.1) is 0 Å². The molecule has 2 N–H and O–H groups in total. The first-order valence-electron chi connectivity index (χ1n) is 5.23. The zero-order valence-electron chi connectivity index (χ0n) is 8.86. The molecule has 0 radical (unpaired) electrons. The largest absolute Gasteiger partial charge is 0.481 e. The SMILES string of the molecule is CC(CCC(=O)O)NC(=O)C1CCCO1. The maximum absolute atomic E-state index is 11.5. The van der Waals surface area contributed by atoms with Crippen molar-refractivity contribution in [1.29, 1.82) is 0 Å². The molecule has 1 amide bonds. The Morgan fingerprint density at radius 2 is 2.33 bits per heavy atom. The van der Waals surface area contributed by atoms with Gasteiger partial charge in [-0.1, -0.05) is 0 Å². The van der Waals surface area contributed by atoms with Gasteiger partial charge in [0.25, 0.3) is 0 Å². The molecule has 0 aromatic carbocycles. The summed E-state index contributed by atoms with van der Waals surface area (Å²) in [5.41, 5.74) is 0. The summed E-state index contributed by atoms with van der Waals surface area (Å²) in [7, 11) is 0. The number of nitrogens with one attached hydrogen (secondary N) is 1. The predicted octanol–water partition coefficient (Wildman–Crippen LogP) is 0.535. The van der Waals surface area contributed by atoms with Crippen LogP contribution < -0.4 is 5.32 Å². The topological polar surface area (TPSA) is 75.6 Å². The van der Waals surface area contributed by atoms with Crippen LogP contribution in [0.5, 0.6) is 0 Å². The molecule has 0 spiro atoms. The van der Waals surface area contributed by atoms with Gasteiger partial charge >= 0.3 is 5.97 Å². The molecule has 1 rings (SSSR count). The lowest BCUT2D eigenvalue weighted by Crippen LogP contribution is -2.39. The molecule has 2 unspecified atom stereocenters. The number of aliphatic carboxylic acids is 1. The van der Waals surface area contributed by atoms with Crippen molar-refractivity contribution in [2.75, 3.05) is 6.61 Å². The molecule has 5 nitrogen and oxygen atoms in total. The van der Waals surface area contributed by atoms with E-state index in [1.54, 1.807) is 6.92 Å².